The molecular formula is C12H19N3O2. The van der Waals surface area contributed by atoms with Gasteiger partial charge in [0.15, 0.2) is 0 Å². The maximum atomic E-state index is 12.3. The molecule has 2 aliphatic rings. The number of amides is 1. The highest BCUT2D eigenvalue weighted by molar-refractivity contribution is 5.84. The van der Waals surface area contributed by atoms with Gasteiger partial charge in [0.25, 0.3) is 0 Å². The van der Waals surface area contributed by atoms with E-state index < -0.39 is 11.5 Å². The lowest BCUT2D eigenvalue weighted by molar-refractivity contribution is -0.137. The van der Waals surface area contributed by atoms with Gasteiger partial charge in [-0.3, -0.25) is 4.79 Å². The average Bonchev–Trinajstić information content (AvgIpc) is 2.98. The lowest BCUT2D eigenvalue weighted by atomic mass is 9.85. The van der Waals surface area contributed by atoms with Gasteiger partial charge >= 0.3 is 0 Å². The number of piperidine rings is 1. The Bertz CT molecular complexity index is 374. The second-order valence-corrected chi connectivity index (χ2v) is 5.81. The standard InChI is InChI=1S/C12H19N3O2/c1-12(2,6-16)10(14)11(17)15-8(5-13)3-7-4-9(7)15/h7-10,16H,3-4,6,14H2,1-2H3/t7-,8+,9+,10-/m1/s1. The fourth-order valence-electron chi connectivity index (χ4n) is 2.48. The van der Waals surface area contributed by atoms with Crippen molar-refractivity contribution in [1.29, 1.82) is 5.26 Å². The van der Waals surface area contributed by atoms with Crippen LogP contribution in [0.1, 0.15) is 26.7 Å². The summed E-state index contributed by atoms with van der Waals surface area (Å²) >= 11 is 0. The Labute approximate surface area is 101 Å². The van der Waals surface area contributed by atoms with Crippen LogP contribution in [-0.4, -0.2) is 40.6 Å². The molecule has 1 saturated carbocycles. The van der Waals surface area contributed by atoms with Crippen LogP contribution >= 0.6 is 0 Å². The molecule has 4 atom stereocenters. The first-order valence-electron chi connectivity index (χ1n) is 6.00. The molecule has 1 heterocycles. The summed E-state index contributed by atoms with van der Waals surface area (Å²) in [6.07, 6.45) is 1.77. The van der Waals surface area contributed by atoms with Crippen LogP contribution in [0.25, 0.3) is 0 Å². The summed E-state index contributed by atoms with van der Waals surface area (Å²) in [6, 6.07) is 1.31. The Balaban J connectivity index is 2.12. The molecule has 0 aromatic carbocycles. The summed E-state index contributed by atoms with van der Waals surface area (Å²) in [5.41, 5.74) is 5.27. The van der Waals surface area contributed by atoms with Crippen molar-refractivity contribution in [3.05, 3.63) is 0 Å². The van der Waals surface area contributed by atoms with E-state index in [1.807, 2.05) is 0 Å². The van der Waals surface area contributed by atoms with Gasteiger partial charge in [0.2, 0.25) is 5.91 Å². The van der Waals surface area contributed by atoms with E-state index in [-0.39, 0.29) is 24.6 Å². The number of nitrogens with two attached hydrogens (primary N) is 1. The zero-order valence-electron chi connectivity index (χ0n) is 10.3. The lowest BCUT2D eigenvalue weighted by Crippen LogP contribution is -2.54. The van der Waals surface area contributed by atoms with Crippen molar-refractivity contribution in [2.24, 2.45) is 17.1 Å². The monoisotopic (exact) mass is 237 g/mol. The van der Waals surface area contributed by atoms with Crippen molar-refractivity contribution in [2.45, 2.75) is 44.8 Å². The molecule has 0 radical (unpaired) electrons. The van der Waals surface area contributed by atoms with Crippen molar-refractivity contribution >= 4 is 5.91 Å². The van der Waals surface area contributed by atoms with Gasteiger partial charge in [0.05, 0.1) is 18.7 Å². The van der Waals surface area contributed by atoms with Gasteiger partial charge in [0.1, 0.15) is 6.04 Å². The summed E-state index contributed by atoms with van der Waals surface area (Å²) in [7, 11) is 0. The smallest absolute Gasteiger partial charge is 0.241 e. The number of nitriles is 1. The third-order valence-corrected chi connectivity index (χ3v) is 4.02. The number of nitrogens with zero attached hydrogens (tertiary/aromatic N) is 2. The topological polar surface area (TPSA) is 90.3 Å². The number of rotatable bonds is 3. The highest BCUT2D eigenvalue weighted by Gasteiger charge is 2.55. The SMILES string of the molecule is CC(C)(CO)[C@H](N)C(=O)N1[C@H](C#N)C[C@@H]2C[C@@H]21. The summed E-state index contributed by atoms with van der Waals surface area (Å²) in [4.78, 5) is 13.9. The molecule has 1 saturated heterocycles. The zero-order chi connectivity index (χ0) is 12.8. The highest BCUT2D eigenvalue weighted by atomic mass is 16.3. The molecule has 0 spiro atoms. The Morgan fingerprint density at radius 3 is 2.82 bits per heavy atom. The minimum atomic E-state index is -0.748. The molecule has 0 aromatic rings. The van der Waals surface area contributed by atoms with E-state index in [1.165, 1.54) is 0 Å². The van der Waals surface area contributed by atoms with Crippen LogP contribution in [-0.2, 0) is 4.79 Å². The van der Waals surface area contributed by atoms with E-state index in [1.54, 1.807) is 18.7 Å². The molecule has 0 bridgehead atoms. The van der Waals surface area contributed by atoms with Crippen LogP contribution in [0, 0.1) is 22.7 Å². The number of aliphatic hydroxyl groups is 1. The molecular weight excluding hydrogens is 218 g/mol. The van der Waals surface area contributed by atoms with Crippen molar-refractivity contribution in [3.63, 3.8) is 0 Å². The summed E-state index contributed by atoms with van der Waals surface area (Å²) < 4.78 is 0. The second-order valence-electron chi connectivity index (χ2n) is 5.81. The Hall–Kier alpha value is -1.12. The maximum absolute atomic E-state index is 12.3. The maximum Gasteiger partial charge on any atom is 0.241 e. The minimum Gasteiger partial charge on any atom is -0.396 e. The number of hydrogen-bond donors (Lipinski definition) is 2. The van der Waals surface area contributed by atoms with Crippen LogP contribution in [0.3, 0.4) is 0 Å². The highest BCUT2D eigenvalue weighted by Crippen LogP contribution is 2.48. The van der Waals surface area contributed by atoms with Crippen molar-refractivity contribution in [3.8, 4) is 6.07 Å². The third kappa shape index (κ3) is 1.92. The van der Waals surface area contributed by atoms with Crippen LogP contribution in [0.15, 0.2) is 0 Å². The second kappa shape index (κ2) is 3.97. The Morgan fingerprint density at radius 1 is 1.65 bits per heavy atom. The first-order chi connectivity index (χ1) is 7.92. The summed E-state index contributed by atoms with van der Waals surface area (Å²) in [5.74, 6) is 0.300. The molecule has 2 fully saturated rings. The number of likely N-dealkylation sites (tertiary alicyclic amines) is 1. The van der Waals surface area contributed by atoms with Crippen molar-refractivity contribution in [2.75, 3.05) is 6.61 Å². The summed E-state index contributed by atoms with van der Waals surface area (Å²) in [6.45, 7) is 3.38. The Morgan fingerprint density at radius 2 is 2.29 bits per heavy atom. The van der Waals surface area contributed by atoms with E-state index in [2.05, 4.69) is 6.07 Å². The van der Waals surface area contributed by atoms with Crippen LogP contribution in [0.2, 0.25) is 0 Å². The molecule has 94 valence electrons. The fourth-order valence-corrected chi connectivity index (χ4v) is 2.48. The molecule has 1 aliphatic carbocycles. The number of fused-ring (bicyclic) bond motifs is 1. The van der Waals surface area contributed by atoms with Gasteiger partial charge in [-0.25, -0.2) is 0 Å². The number of carbonyl (C=O) groups excluding carboxylic acids is 1. The molecule has 0 unspecified atom stereocenters. The van der Waals surface area contributed by atoms with Gasteiger partial charge in [-0.1, -0.05) is 13.8 Å². The normalized spacial score (nSPS) is 32.9. The molecule has 1 aliphatic heterocycles. The minimum absolute atomic E-state index is 0.140. The molecule has 0 aromatic heterocycles. The van der Waals surface area contributed by atoms with Gasteiger partial charge in [-0.15, -0.1) is 0 Å². The van der Waals surface area contributed by atoms with E-state index in [9.17, 15) is 9.90 Å². The van der Waals surface area contributed by atoms with Crippen LogP contribution < -0.4 is 5.73 Å². The molecule has 17 heavy (non-hydrogen) atoms. The average molecular weight is 237 g/mol. The number of hydrogen-bond acceptors (Lipinski definition) is 4. The van der Waals surface area contributed by atoms with Crippen LogP contribution in [0.4, 0.5) is 0 Å². The van der Waals surface area contributed by atoms with E-state index >= 15 is 0 Å². The van der Waals surface area contributed by atoms with E-state index in [0.29, 0.717) is 5.92 Å². The van der Waals surface area contributed by atoms with Gasteiger partial charge < -0.3 is 15.7 Å². The van der Waals surface area contributed by atoms with Gasteiger partial charge in [-0.05, 0) is 18.8 Å². The summed E-state index contributed by atoms with van der Waals surface area (Å²) in [5, 5.41) is 18.3. The first-order valence-corrected chi connectivity index (χ1v) is 6.00. The van der Waals surface area contributed by atoms with E-state index in [4.69, 9.17) is 11.0 Å². The molecule has 2 rings (SSSR count). The predicted molar refractivity (Wildman–Crippen MR) is 61.6 cm³/mol. The Kier molecular flexibility index (Phi) is 2.88. The third-order valence-electron chi connectivity index (χ3n) is 4.02. The van der Waals surface area contributed by atoms with Gasteiger partial charge in [0, 0.05) is 11.5 Å². The molecule has 3 N–H and O–H groups in total. The molecule has 1 amide bonds. The first kappa shape index (κ1) is 12.3. The largest absolute Gasteiger partial charge is 0.396 e. The zero-order valence-corrected chi connectivity index (χ0v) is 10.3. The lowest BCUT2D eigenvalue weighted by Gasteiger charge is -2.33. The molecule has 5 nitrogen and oxygen atoms in total. The van der Waals surface area contributed by atoms with E-state index in [0.717, 1.165) is 12.8 Å². The van der Waals surface area contributed by atoms with Crippen molar-refractivity contribution < 1.29 is 9.90 Å². The quantitative estimate of drug-likeness (QED) is 0.714. The number of carbonyl (C=O) groups is 1. The molecule has 5 heteroatoms. The predicted octanol–water partition coefficient (Wildman–Crippen LogP) is -0.155. The fraction of sp³-hybridized carbons (Fsp3) is 0.833. The number of aliphatic hydroxyl groups excluding tert-OH is 1. The van der Waals surface area contributed by atoms with Gasteiger partial charge in [-0.2, -0.15) is 5.26 Å². The van der Waals surface area contributed by atoms with Crippen molar-refractivity contribution in [1.82, 2.24) is 4.90 Å². The van der Waals surface area contributed by atoms with Crippen LogP contribution in [0.5, 0.6) is 0 Å².